The zero-order chi connectivity index (χ0) is 27.8. The van der Waals surface area contributed by atoms with E-state index < -0.39 is 0 Å². The molecular weight excluding hydrogens is 557 g/mol. The number of carbonyl (C=O) groups is 3. The number of nitrogens with zero attached hydrogens (tertiary/aromatic N) is 3. The number of halogens is 3. The molecule has 0 N–H and O–H groups in total. The minimum Gasteiger partial charge on any atom is -0.333 e. The lowest BCUT2D eigenvalue weighted by Gasteiger charge is -2.26. The first kappa shape index (κ1) is 28.9. The number of carbonyl (C=O) groups excluding carboxylic acids is 3. The molecule has 1 aliphatic heterocycles. The van der Waals surface area contributed by atoms with Crippen LogP contribution in [0.15, 0.2) is 72.8 Å². The fourth-order valence-corrected chi connectivity index (χ4v) is 5.26. The summed E-state index contributed by atoms with van der Waals surface area (Å²) in [5.41, 5.74) is 5.60. The maximum absolute atomic E-state index is 12.8. The van der Waals surface area contributed by atoms with Crippen LogP contribution in [-0.4, -0.2) is 50.1 Å². The molecule has 0 saturated carbocycles. The third-order valence-electron chi connectivity index (χ3n) is 6.62. The first-order chi connectivity index (χ1) is 18.9. The molecule has 4 rings (SSSR count). The molecule has 6 bridgehead atoms. The van der Waals surface area contributed by atoms with E-state index in [4.69, 9.17) is 34.8 Å². The normalized spacial score (nSPS) is 14.4. The molecule has 0 unspecified atom stereocenters. The number of hydrogen-bond donors (Lipinski definition) is 0. The Morgan fingerprint density at radius 2 is 0.667 bits per heavy atom. The average molecular weight is 587 g/mol. The summed E-state index contributed by atoms with van der Waals surface area (Å²) in [6, 6.07) is 23.6. The van der Waals surface area contributed by atoms with Gasteiger partial charge in [0, 0.05) is 39.3 Å². The summed E-state index contributed by atoms with van der Waals surface area (Å²) in [7, 11) is 0. The highest BCUT2D eigenvalue weighted by Crippen LogP contribution is 2.20. The lowest BCUT2D eigenvalue weighted by atomic mass is 10.1. The number of benzene rings is 3. The van der Waals surface area contributed by atoms with Gasteiger partial charge >= 0.3 is 0 Å². The van der Waals surface area contributed by atoms with Crippen LogP contribution in [0.4, 0.5) is 0 Å². The fraction of sp³-hybridized carbons (Fsp3) is 0.300. The lowest BCUT2D eigenvalue weighted by molar-refractivity contribution is -0.130. The minimum absolute atomic E-state index is 0.132. The second-order valence-electron chi connectivity index (χ2n) is 9.61. The topological polar surface area (TPSA) is 60.9 Å². The second kappa shape index (κ2) is 13.8. The van der Waals surface area contributed by atoms with Crippen LogP contribution in [0.2, 0.25) is 0 Å². The van der Waals surface area contributed by atoms with Gasteiger partial charge in [-0.05, 0) is 33.4 Å². The quantitative estimate of drug-likeness (QED) is 0.391. The molecule has 1 aliphatic rings. The van der Waals surface area contributed by atoms with Gasteiger partial charge in [0.15, 0.2) is 0 Å². The average Bonchev–Trinajstić information content (AvgIpc) is 2.95. The Kier molecular flexibility index (Phi) is 10.3. The summed E-state index contributed by atoms with van der Waals surface area (Å²) in [6.45, 7) is 2.20. The Hall–Kier alpha value is -3.06. The largest absolute Gasteiger partial charge is 0.333 e. The number of hydrogen-bond acceptors (Lipinski definition) is 3. The van der Waals surface area contributed by atoms with Crippen LogP contribution in [0, 0.1) is 0 Å². The molecule has 9 heteroatoms. The maximum atomic E-state index is 12.8. The summed E-state index contributed by atoms with van der Waals surface area (Å²) in [5.74, 6) is -0.942. The van der Waals surface area contributed by atoms with Crippen molar-refractivity contribution in [3.63, 3.8) is 0 Å². The Morgan fingerprint density at radius 3 is 0.846 bits per heavy atom. The van der Waals surface area contributed by atoms with Crippen molar-refractivity contribution in [3.05, 3.63) is 106 Å². The fourth-order valence-electron chi connectivity index (χ4n) is 4.75. The smallest absolute Gasteiger partial charge is 0.238 e. The van der Waals surface area contributed by atoms with Crippen molar-refractivity contribution < 1.29 is 14.4 Å². The number of fused-ring (bicyclic) bond motifs is 6. The number of rotatable bonds is 3. The van der Waals surface area contributed by atoms with E-state index in [1.807, 2.05) is 72.8 Å². The van der Waals surface area contributed by atoms with Gasteiger partial charge in [-0.25, -0.2) is 0 Å². The van der Waals surface area contributed by atoms with Gasteiger partial charge in [0.25, 0.3) is 0 Å². The third-order valence-corrected chi connectivity index (χ3v) is 7.30. The van der Waals surface area contributed by atoms with E-state index in [-0.39, 0.29) is 35.4 Å². The van der Waals surface area contributed by atoms with Crippen LogP contribution in [0.1, 0.15) is 33.4 Å². The Balaban J connectivity index is 1.76. The molecule has 0 spiro atoms. The lowest BCUT2D eigenvalue weighted by Crippen LogP contribution is -2.33. The summed E-state index contributed by atoms with van der Waals surface area (Å²) in [4.78, 5) is 43.5. The zero-order valence-corrected chi connectivity index (χ0v) is 23.8. The monoisotopic (exact) mass is 585 g/mol. The Morgan fingerprint density at radius 1 is 0.462 bits per heavy atom. The van der Waals surface area contributed by atoms with Crippen LogP contribution in [0.5, 0.6) is 0 Å². The van der Waals surface area contributed by atoms with Crippen LogP contribution in [0.3, 0.4) is 0 Å². The van der Waals surface area contributed by atoms with E-state index in [0.717, 1.165) is 33.4 Å². The first-order valence-electron chi connectivity index (χ1n) is 12.6. The van der Waals surface area contributed by atoms with Crippen molar-refractivity contribution in [2.75, 3.05) is 17.6 Å². The highest BCUT2D eigenvalue weighted by Gasteiger charge is 2.19. The van der Waals surface area contributed by atoms with Crippen LogP contribution < -0.4 is 0 Å². The first-order valence-corrected chi connectivity index (χ1v) is 14.2. The van der Waals surface area contributed by atoms with Crippen molar-refractivity contribution in [1.82, 2.24) is 14.7 Å². The summed E-state index contributed by atoms with van der Waals surface area (Å²) in [6.07, 6.45) is 0. The van der Waals surface area contributed by atoms with Gasteiger partial charge in [0.1, 0.15) is 17.6 Å². The molecule has 3 aromatic rings. The predicted octanol–water partition coefficient (Wildman–Crippen LogP) is 5.30. The van der Waals surface area contributed by atoms with Crippen LogP contribution in [-0.2, 0) is 53.7 Å². The number of alkyl halides is 3. The molecule has 0 aliphatic carbocycles. The second-order valence-corrected chi connectivity index (χ2v) is 10.4. The molecule has 0 saturated heterocycles. The van der Waals surface area contributed by atoms with E-state index in [0.29, 0.717) is 39.3 Å². The van der Waals surface area contributed by atoms with Crippen molar-refractivity contribution in [1.29, 1.82) is 0 Å². The Labute approximate surface area is 244 Å². The molecule has 6 nitrogen and oxygen atoms in total. The molecule has 0 aromatic heterocycles. The maximum Gasteiger partial charge on any atom is 0.238 e. The molecule has 0 radical (unpaired) electrons. The third kappa shape index (κ3) is 7.98. The molecular formula is C30H30Cl3N3O3. The molecule has 0 atom stereocenters. The molecule has 39 heavy (non-hydrogen) atoms. The van der Waals surface area contributed by atoms with Crippen molar-refractivity contribution in [3.8, 4) is 0 Å². The van der Waals surface area contributed by atoms with E-state index in [9.17, 15) is 14.4 Å². The highest BCUT2D eigenvalue weighted by molar-refractivity contribution is 6.27. The predicted molar refractivity (Wildman–Crippen MR) is 154 cm³/mol. The minimum atomic E-state index is -0.182. The van der Waals surface area contributed by atoms with E-state index >= 15 is 0 Å². The number of amides is 3. The van der Waals surface area contributed by atoms with E-state index in [1.54, 1.807) is 14.7 Å². The molecule has 1 heterocycles. The van der Waals surface area contributed by atoms with Crippen LogP contribution in [0.25, 0.3) is 0 Å². The summed E-state index contributed by atoms with van der Waals surface area (Å²) < 4.78 is 0. The summed E-state index contributed by atoms with van der Waals surface area (Å²) >= 11 is 17.9. The van der Waals surface area contributed by atoms with Gasteiger partial charge in [-0.1, -0.05) is 72.8 Å². The van der Waals surface area contributed by atoms with Gasteiger partial charge < -0.3 is 14.7 Å². The van der Waals surface area contributed by atoms with Crippen molar-refractivity contribution in [2.24, 2.45) is 0 Å². The van der Waals surface area contributed by atoms with E-state index in [1.165, 1.54) is 0 Å². The van der Waals surface area contributed by atoms with Gasteiger partial charge in [0.2, 0.25) is 17.7 Å². The molecule has 3 amide bonds. The van der Waals surface area contributed by atoms with Gasteiger partial charge in [-0.3, -0.25) is 14.4 Å². The SMILES string of the molecule is O=C(CCl)N1Cc2cccc(c2)CN(C(=O)CCl)Cc2cccc(c2)CN(C(=O)CCl)Cc2cccc(c2)C1. The van der Waals surface area contributed by atoms with Crippen molar-refractivity contribution >= 4 is 52.5 Å². The van der Waals surface area contributed by atoms with Crippen LogP contribution >= 0.6 is 34.8 Å². The van der Waals surface area contributed by atoms with Gasteiger partial charge in [0.05, 0.1) is 0 Å². The zero-order valence-electron chi connectivity index (χ0n) is 21.5. The van der Waals surface area contributed by atoms with E-state index in [2.05, 4.69) is 0 Å². The summed E-state index contributed by atoms with van der Waals surface area (Å²) in [5, 5.41) is 0. The van der Waals surface area contributed by atoms with Gasteiger partial charge in [-0.15, -0.1) is 34.8 Å². The van der Waals surface area contributed by atoms with Crippen molar-refractivity contribution in [2.45, 2.75) is 39.3 Å². The highest BCUT2D eigenvalue weighted by atomic mass is 35.5. The standard InChI is InChI=1S/C30H30Cl3N3O3/c31-13-28(37)34-16-22-4-1-5-23(10-22)17-35(29(38)14-32)19-25-7-3-9-27(12-25)21-36(30(39)15-33)20-26-8-2-6-24(11-26)18-34/h1-12H,13-21H2. The molecule has 0 fully saturated rings. The molecule has 3 aromatic carbocycles. The van der Waals surface area contributed by atoms with Gasteiger partial charge in [-0.2, -0.15) is 0 Å². The Bertz CT molecular complexity index is 1110. The molecule has 204 valence electrons.